The van der Waals surface area contributed by atoms with Crippen LogP contribution in [0, 0.1) is 0 Å². The van der Waals surface area contributed by atoms with E-state index in [1.165, 1.54) is 0 Å². The van der Waals surface area contributed by atoms with Crippen LogP contribution < -0.4 is 16.0 Å². The van der Waals surface area contributed by atoms with Crippen LogP contribution in [-0.2, 0) is 0 Å². The Bertz CT molecular complexity index is 786. The van der Waals surface area contributed by atoms with Gasteiger partial charge in [0.1, 0.15) is 5.75 Å². The van der Waals surface area contributed by atoms with E-state index in [2.05, 4.69) is 39.1 Å². The maximum absolute atomic E-state index is 9.67. The summed E-state index contributed by atoms with van der Waals surface area (Å²) in [7, 11) is 0. The zero-order valence-electron chi connectivity index (χ0n) is 13.5. The lowest BCUT2D eigenvalue weighted by molar-refractivity contribution is 0.477. The predicted octanol–water partition coefficient (Wildman–Crippen LogP) is 3.05. The summed E-state index contributed by atoms with van der Waals surface area (Å²) in [6, 6.07) is 17.4. The molecule has 0 saturated heterocycles. The first kappa shape index (κ1) is 16.1. The molecule has 0 aliphatic carbocycles. The van der Waals surface area contributed by atoms with E-state index in [0.717, 1.165) is 48.5 Å². The number of phenols is 1. The van der Waals surface area contributed by atoms with Gasteiger partial charge in [-0.2, -0.15) is 0 Å². The van der Waals surface area contributed by atoms with E-state index in [0.29, 0.717) is 0 Å². The minimum absolute atomic E-state index is 0.280. The number of para-hydroxylation sites is 3. The van der Waals surface area contributed by atoms with E-state index >= 15 is 0 Å². The van der Waals surface area contributed by atoms with Gasteiger partial charge in [-0.25, -0.2) is 0 Å². The summed E-state index contributed by atoms with van der Waals surface area (Å²) < 4.78 is 0. The Balaban J connectivity index is 1.37. The summed E-state index contributed by atoms with van der Waals surface area (Å²) in [5, 5.41) is 20.8. The van der Waals surface area contributed by atoms with Crippen LogP contribution in [0.4, 0.5) is 11.4 Å². The van der Waals surface area contributed by atoms with Crippen LogP contribution in [0.1, 0.15) is 0 Å². The fourth-order valence-electron chi connectivity index (χ4n) is 2.57. The van der Waals surface area contributed by atoms with E-state index < -0.39 is 0 Å². The Morgan fingerprint density at radius 2 is 1.46 bits per heavy atom. The van der Waals surface area contributed by atoms with Gasteiger partial charge in [0.05, 0.1) is 16.9 Å². The van der Waals surface area contributed by atoms with Crippen molar-refractivity contribution in [2.45, 2.75) is 0 Å². The molecular formula is C19H22N4O. The Morgan fingerprint density at radius 1 is 0.750 bits per heavy atom. The van der Waals surface area contributed by atoms with Crippen molar-refractivity contribution in [2.75, 3.05) is 36.8 Å². The summed E-state index contributed by atoms with van der Waals surface area (Å²) in [5.74, 6) is 0.280. The van der Waals surface area contributed by atoms with E-state index in [9.17, 15) is 5.11 Å². The number of fused-ring (bicyclic) bond motifs is 1. The maximum Gasteiger partial charge on any atom is 0.138 e. The Morgan fingerprint density at radius 3 is 2.29 bits per heavy atom. The molecule has 1 aromatic heterocycles. The molecule has 0 aliphatic rings. The van der Waals surface area contributed by atoms with Gasteiger partial charge in [-0.3, -0.25) is 4.98 Å². The van der Waals surface area contributed by atoms with Crippen molar-refractivity contribution in [1.82, 2.24) is 10.3 Å². The average molecular weight is 322 g/mol. The standard InChI is InChI=1S/C19H22N4O/c24-18-9-2-1-7-16(18)21-13-11-20-12-14-22-17-8-3-5-15-6-4-10-23-19(15)17/h1-10,20-22,24H,11-14H2. The van der Waals surface area contributed by atoms with Crippen LogP contribution in [0.2, 0.25) is 0 Å². The number of pyridine rings is 1. The first-order valence-electron chi connectivity index (χ1n) is 8.15. The van der Waals surface area contributed by atoms with Gasteiger partial charge in [-0.1, -0.05) is 30.3 Å². The summed E-state index contributed by atoms with van der Waals surface area (Å²) in [5.41, 5.74) is 2.82. The number of aromatic nitrogens is 1. The summed E-state index contributed by atoms with van der Waals surface area (Å²) in [6.07, 6.45) is 1.82. The van der Waals surface area contributed by atoms with Crippen LogP contribution in [0.15, 0.2) is 60.8 Å². The van der Waals surface area contributed by atoms with Crippen molar-refractivity contribution in [3.63, 3.8) is 0 Å². The van der Waals surface area contributed by atoms with Gasteiger partial charge < -0.3 is 21.1 Å². The highest BCUT2D eigenvalue weighted by Gasteiger charge is 2.00. The van der Waals surface area contributed by atoms with Crippen molar-refractivity contribution >= 4 is 22.3 Å². The molecule has 2 aromatic carbocycles. The largest absolute Gasteiger partial charge is 0.506 e. The molecule has 124 valence electrons. The molecule has 0 radical (unpaired) electrons. The van der Waals surface area contributed by atoms with Crippen LogP contribution in [-0.4, -0.2) is 36.3 Å². The molecule has 0 saturated carbocycles. The maximum atomic E-state index is 9.67. The van der Waals surface area contributed by atoms with Crippen LogP contribution in [0.25, 0.3) is 10.9 Å². The zero-order valence-corrected chi connectivity index (χ0v) is 13.5. The number of hydrogen-bond acceptors (Lipinski definition) is 5. The van der Waals surface area contributed by atoms with Gasteiger partial charge in [0, 0.05) is 37.8 Å². The van der Waals surface area contributed by atoms with Gasteiger partial charge in [0.25, 0.3) is 0 Å². The third-order valence-corrected chi connectivity index (χ3v) is 3.77. The number of benzene rings is 2. The second-order valence-corrected chi connectivity index (χ2v) is 5.50. The fourth-order valence-corrected chi connectivity index (χ4v) is 2.57. The average Bonchev–Trinajstić information content (AvgIpc) is 2.62. The third-order valence-electron chi connectivity index (χ3n) is 3.77. The number of rotatable bonds is 8. The molecule has 0 spiro atoms. The molecular weight excluding hydrogens is 300 g/mol. The molecule has 0 bridgehead atoms. The molecule has 24 heavy (non-hydrogen) atoms. The minimum Gasteiger partial charge on any atom is -0.506 e. The first-order chi connectivity index (χ1) is 11.8. The molecule has 5 heteroatoms. The highest BCUT2D eigenvalue weighted by molar-refractivity contribution is 5.90. The monoisotopic (exact) mass is 322 g/mol. The smallest absolute Gasteiger partial charge is 0.138 e. The van der Waals surface area contributed by atoms with Gasteiger partial charge in [0.15, 0.2) is 0 Å². The highest BCUT2D eigenvalue weighted by Crippen LogP contribution is 2.21. The highest BCUT2D eigenvalue weighted by atomic mass is 16.3. The molecule has 0 aliphatic heterocycles. The van der Waals surface area contributed by atoms with Crippen molar-refractivity contribution in [1.29, 1.82) is 0 Å². The topological polar surface area (TPSA) is 69.2 Å². The van der Waals surface area contributed by atoms with Gasteiger partial charge in [0.2, 0.25) is 0 Å². The molecule has 0 unspecified atom stereocenters. The lowest BCUT2D eigenvalue weighted by Crippen LogP contribution is -2.27. The second kappa shape index (κ2) is 8.17. The molecule has 5 nitrogen and oxygen atoms in total. The van der Waals surface area contributed by atoms with Crippen LogP contribution in [0.3, 0.4) is 0 Å². The lowest BCUT2D eigenvalue weighted by atomic mass is 10.2. The quantitative estimate of drug-likeness (QED) is 0.379. The molecule has 0 amide bonds. The molecule has 0 fully saturated rings. The van der Waals surface area contributed by atoms with Crippen molar-refractivity contribution < 1.29 is 5.11 Å². The Kier molecular flexibility index (Phi) is 5.48. The number of nitrogens with one attached hydrogen (secondary N) is 3. The van der Waals surface area contributed by atoms with E-state index in [-0.39, 0.29) is 5.75 Å². The molecule has 4 N–H and O–H groups in total. The van der Waals surface area contributed by atoms with Crippen molar-refractivity contribution in [3.05, 3.63) is 60.8 Å². The van der Waals surface area contributed by atoms with Crippen molar-refractivity contribution in [2.24, 2.45) is 0 Å². The zero-order chi connectivity index (χ0) is 16.6. The Labute approximate surface area is 141 Å². The fraction of sp³-hybridized carbons (Fsp3) is 0.211. The number of nitrogens with zero attached hydrogens (tertiary/aromatic N) is 1. The molecule has 3 rings (SSSR count). The first-order valence-corrected chi connectivity index (χ1v) is 8.15. The lowest BCUT2D eigenvalue weighted by Gasteiger charge is -2.11. The third kappa shape index (κ3) is 4.14. The number of aromatic hydroxyl groups is 1. The summed E-state index contributed by atoms with van der Waals surface area (Å²) in [4.78, 5) is 4.43. The van der Waals surface area contributed by atoms with Crippen LogP contribution >= 0.6 is 0 Å². The molecule has 3 aromatic rings. The van der Waals surface area contributed by atoms with Gasteiger partial charge >= 0.3 is 0 Å². The predicted molar refractivity (Wildman–Crippen MR) is 99.7 cm³/mol. The van der Waals surface area contributed by atoms with Crippen molar-refractivity contribution in [3.8, 4) is 5.75 Å². The van der Waals surface area contributed by atoms with Gasteiger partial charge in [-0.05, 0) is 24.3 Å². The summed E-state index contributed by atoms with van der Waals surface area (Å²) >= 11 is 0. The minimum atomic E-state index is 0.280. The van der Waals surface area contributed by atoms with Crippen LogP contribution in [0.5, 0.6) is 5.75 Å². The SMILES string of the molecule is Oc1ccccc1NCCNCCNc1cccc2cccnc12. The normalized spacial score (nSPS) is 10.7. The Hall–Kier alpha value is -2.79. The number of anilines is 2. The van der Waals surface area contributed by atoms with Gasteiger partial charge in [-0.15, -0.1) is 0 Å². The number of hydrogen-bond donors (Lipinski definition) is 4. The molecule has 0 atom stereocenters. The van der Waals surface area contributed by atoms with E-state index in [1.807, 2.05) is 36.5 Å². The second-order valence-electron chi connectivity index (χ2n) is 5.50. The van der Waals surface area contributed by atoms with E-state index in [4.69, 9.17) is 0 Å². The number of phenolic OH excluding ortho intramolecular Hbond substituents is 1. The molecule has 1 heterocycles. The summed E-state index contributed by atoms with van der Waals surface area (Å²) in [6.45, 7) is 3.26. The van der Waals surface area contributed by atoms with E-state index in [1.54, 1.807) is 6.07 Å².